The van der Waals surface area contributed by atoms with Gasteiger partial charge in [-0.25, -0.2) is 4.79 Å². The maximum absolute atomic E-state index is 13.4. The minimum absolute atomic E-state index is 0.0777. The Hall–Kier alpha value is -3.59. The fraction of sp³-hybridized carbons (Fsp3) is 0.375. The molecule has 0 radical (unpaired) electrons. The predicted octanol–water partition coefficient (Wildman–Crippen LogP) is 2.98. The summed E-state index contributed by atoms with van der Waals surface area (Å²) in [4.78, 5) is 17.8. The number of nitrogens with one attached hydrogen (secondary N) is 1. The number of aliphatic hydroxyl groups is 1. The Labute approximate surface area is 191 Å². The van der Waals surface area contributed by atoms with Crippen LogP contribution in [-0.4, -0.2) is 46.0 Å². The lowest BCUT2D eigenvalue weighted by atomic mass is 9.89. The number of aromatic nitrogens is 7. The number of aliphatic hydroxyl groups excluding tert-OH is 1. The molecule has 0 amide bonds. The number of tetrazole rings is 1. The van der Waals surface area contributed by atoms with E-state index in [1.807, 2.05) is 47.3 Å². The molecule has 2 unspecified atom stereocenters. The number of pyridine rings is 1. The number of nitrogens with zero attached hydrogens (tertiary/aromatic N) is 6. The van der Waals surface area contributed by atoms with Gasteiger partial charge in [-0.15, -0.1) is 10.2 Å². The number of hydrogen-bond donors (Lipinski definition) is 2. The summed E-state index contributed by atoms with van der Waals surface area (Å²) in [6.07, 6.45) is 9.48. The number of hydrogen-bond acceptors (Lipinski definition) is 6. The number of H-pyrrole nitrogens is 1. The van der Waals surface area contributed by atoms with Gasteiger partial charge >= 0.3 is 5.69 Å². The first-order valence-corrected chi connectivity index (χ1v) is 11.4. The molecule has 3 aromatic heterocycles. The summed E-state index contributed by atoms with van der Waals surface area (Å²) in [5.41, 5.74) is 4.62. The van der Waals surface area contributed by atoms with Gasteiger partial charge < -0.3 is 5.11 Å². The van der Waals surface area contributed by atoms with E-state index in [0.29, 0.717) is 12.4 Å². The highest BCUT2D eigenvalue weighted by molar-refractivity contribution is 5.81. The van der Waals surface area contributed by atoms with Gasteiger partial charge in [0.25, 0.3) is 0 Å². The molecule has 1 aliphatic carbocycles. The Morgan fingerprint density at radius 1 is 1.15 bits per heavy atom. The van der Waals surface area contributed by atoms with Crippen LogP contribution in [0, 0.1) is 0 Å². The molecule has 5 rings (SSSR count). The molecule has 0 aliphatic heterocycles. The van der Waals surface area contributed by atoms with E-state index in [0.717, 1.165) is 60.1 Å². The van der Waals surface area contributed by atoms with Gasteiger partial charge in [-0.1, -0.05) is 37.6 Å². The van der Waals surface area contributed by atoms with Crippen molar-refractivity contribution in [3.8, 4) is 22.5 Å². The van der Waals surface area contributed by atoms with Crippen LogP contribution in [0.25, 0.3) is 22.5 Å². The Morgan fingerprint density at radius 2 is 2.00 bits per heavy atom. The summed E-state index contributed by atoms with van der Waals surface area (Å²) < 4.78 is 3.56. The third kappa shape index (κ3) is 4.00. The van der Waals surface area contributed by atoms with Gasteiger partial charge in [0.15, 0.2) is 0 Å². The van der Waals surface area contributed by atoms with E-state index in [9.17, 15) is 9.90 Å². The second-order valence-electron chi connectivity index (χ2n) is 8.53. The first-order valence-electron chi connectivity index (χ1n) is 11.4. The first-order chi connectivity index (χ1) is 16.2. The average molecular weight is 446 g/mol. The molecular weight excluding hydrogens is 418 g/mol. The summed E-state index contributed by atoms with van der Waals surface area (Å²) in [7, 11) is 0. The van der Waals surface area contributed by atoms with Gasteiger partial charge in [0.1, 0.15) is 0 Å². The number of aromatic amines is 1. The third-order valence-electron chi connectivity index (χ3n) is 6.47. The van der Waals surface area contributed by atoms with Gasteiger partial charge in [0.05, 0.1) is 18.7 Å². The van der Waals surface area contributed by atoms with Crippen molar-refractivity contribution in [1.82, 2.24) is 34.7 Å². The minimum atomic E-state index is -0.451. The SMILES string of the molecule is CCCCc1cn(C2CCC2O)c(=O)n1Cc1cnccc1-c1ccccc1-c1nn[nH]n1. The van der Waals surface area contributed by atoms with E-state index < -0.39 is 6.10 Å². The normalized spacial score (nSPS) is 17.8. The number of benzene rings is 1. The lowest BCUT2D eigenvalue weighted by Gasteiger charge is -2.32. The van der Waals surface area contributed by atoms with E-state index in [1.165, 1.54) is 0 Å². The molecule has 1 saturated carbocycles. The molecule has 0 saturated heterocycles. The highest BCUT2D eigenvalue weighted by atomic mass is 16.3. The largest absolute Gasteiger partial charge is 0.391 e. The van der Waals surface area contributed by atoms with Crippen molar-refractivity contribution in [2.75, 3.05) is 0 Å². The van der Waals surface area contributed by atoms with Crippen molar-refractivity contribution >= 4 is 0 Å². The van der Waals surface area contributed by atoms with Crippen molar-refractivity contribution in [1.29, 1.82) is 0 Å². The monoisotopic (exact) mass is 445 g/mol. The van der Waals surface area contributed by atoms with Crippen LogP contribution in [0.5, 0.6) is 0 Å². The molecule has 0 spiro atoms. The van der Waals surface area contributed by atoms with Crippen LogP contribution in [0.1, 0.15) is 49.9 Å². The molecule has 9 nitrogen and oxygen atoms in total. The van der Waals surface area contributed by atoms with E-state index in [2.05, 4.69) is 32.5 Å². The van der Waals surface area contributed by atoms with Gasteiger partial charge in [-0.3, -0.25) is 14.1 Å². The predicted molar refractivity (Wildman–Crippen MR) is 124 cm³/mol. The molecule has 9 heteroatoms. The number of rotatable bonds is 8. The summed E-state index contributed by atoms with van der Waals surface area (Å²) in [6.45, 7) is 2.54. The molecule has 4 aromatic rings. The molecule has 2 N–H and O–H groups in total. The summed E-state index contributed by atoms with van der Waals surface area (Å²) in [5.74, 6) is 0.513. The van der Waals surface area contributed by atoms with Crippen molar-refractivity contribution in [3.63, 3.8) is 0 Å². The number of unbranched alkanes of at least 4 members (excludes halogenated alkanes) is 1. The Kier molecular flexibility index (Phi) is 5.87. The molecule has 3 heterocycles. The number of aryl methyl sites for hydroxylation is 1. The third-order valence-corrected chi connectivity index (χ3v) is 6.47. The zero-order valence-electron chi connectivity index (χ0n) is 18.6. The van der Waals surface area contributed by atoms with Crippen molar-refractivity contribution in [2.45, 2.75) is 57.7 Å². The summed E-state index contributed by atoms with van der Waals surface area (Å²) in [5, 5.41) is 24.7. The van der Waals surface area contributed by atoms with Gasteiger partial charge in [0, 0.05) is 29.8 Å². The fourth-order valence-electron chi connectivity index (χ4n) is 4.48. The van der Waals surface area contributed by atoms with Crippen LogP contribution in [-0.2, 0) is 13.0 Å². The fourth-order valence-corrected chi connectivity index (χ4v) is 4.48. The highest BCUT2D eigenvalue weighted by Crippen LogP contribution is 2.33. The Morgan fingerprint density at radius 3 is 2.70 bits per heavy atom. The maximum atomic E-state index is 13.4. The first kappa shape index (κ1) is 21.3. The second-order valence-corrected chi connectivity index (χ2v) is 8.53. The second kappa shape index (κ2) is 9.11. The molecule has 1 aliphatic rings. The molecule has 170 valence electrons. The molecular formula is C24H27N7O2. The van der Waals surface area contributed by atoms with Crippen LogP contribution in [0.4, 0.5) is 0 Å². The van der Waals surface area contributed by atoms with Gasteiger partial charge in [-0.2, -0.15) is 5.21 Å². The van der Waals surface area contributed by atoms with Crippen LogP contribution < -0.4 is 5.69 Å². The van der Waals surface area contributed by atoms with Crippen molar-refractivity contribution in [3.05, 3.63) is 70.7 Å². The number of imidazole rings is 1. The Bertz CT molecular complexity index is 1290. The molecule has 1 aromatic carbocycles. The van der Waals surface area contributed by atoms with E-state index in [-0.39, 0.29) is 11.7 Å². The summed E-state index contributed by atoms with van der Waals surface area (Å²) in [6, 6.07) is 9.70. The van der Waals surface area contributed by atoms with Crippen LogP contribution >= 0.6 is 0 Å². The van der Waals surface area contributed by atoms with E-state index in [1.54, 1.807) is 10.8 Å². The molecule has 33 heavy (non-hydrogen) atoms. The van der Waals surface area contributed by atoms with Gasteiger partial charge in [0.2, 0.25) is 5.82 Å². The van der Waals surface area contributed by atoms with Gasteiger partial charge in [-0.05, 0) is 53.7 Å². The maximum Gasteiger partial charge on any atom is 0.329 e. The van der Waals surface area contributed by atoms with E-state index in [4.69, 9.17) is 0 Å². The standard InChI is InChI=1S/C24H27N7O2/c1-2-3-6-17-15-31(21-9-10-22(21)32)24(33)30(17)14-16-13-25-12-11-18(16)19-7-4-5-8-20(19)23-26-28-29-27-23/h4-5,7-8,11-13,15,21-22,32H,2-3,6,9-10,14H2,1H3,(H,26,27,28,29). The minimum Gasteiger partial charge on any atom is -0.391 e. The molecule has 2 atom stereocenters. The van der Waals surface area contributed by atoms with Crippen LogP contribution in [0.2, 0.25) is 0 Å². The smallest absolute Gasteiger partial charge is 0.329 e. The van der Waals surface area contributed by atoms with Crippen LogP contribution in [0.15, 0.2) is 53.7 Å². The lowest BCUT2D eigenvalue weighted by molar-refractivity contribution is 0.0297. The summed E-state index contributed by atoms with van der Waals surface area (Å²) >= 11 is 0. The zero-order chi connectivity index (χ0) is 22.8. The molecule has 0 bridgehead atoms. The topological polar surface area (TPSA) is 115 Å². The van der Waals surface area contributed by atoms with Crippen molar-refractivity contribution < 1.29 is 5.11 Å². The Balaban J connectivity index is 1.57. The van der Waals surface area contributed by atoms with E-state index >= 15 is 0 Å². The lowest BCUT2D eigenvalue weighted by Crippen LogP contribution is -2.39. The zero-order valence-corrected chi connectivity index (χ0v) is 18.6. The highest BCUT2D eigenvalue weighted by Gasteiger charge is 2.32. The van der Waals surface area contributed by atoms with Crippen LogP contribution in [0.3, 0.4) is 0 Å². The quantitative estimate of drug-likeness (QED) is 0.431. The molecule has 1 fully saturated rings. The average Bonchev–Trinajstić information content (AvgIpc) is 3.47. The van der Waals surface area contributed by atoms with Crippen molar-refractivity contribution in [2.24, 2.45) is 0 Å².